The SMILES string of the molecule is CC1(C)CN(C(=O)c2ccc3c(c2)CNC3)CCO1. The first kappa shape index (κ1) is 12.6. The van der Waals surface area contributed by atoms with Crippen molar-refractivity contribution in [1.82, 2.24) is 10.2 Å². The molecule has 2 aliphatic heterocycles. The molecule has 0 atom stereocenters. The fraction of sp³-hybridized carbons (Fsp3) is 0.533. The van der Waals surface area contributed by atoms with Crippen molar-refractivity contribution in [3.05, 3.63) is 34.9 Å². The lowest BCUT2D eigenvalue weighted by Crippen LogP contribution is -2.50. The lowest BCUT2D eigenvalue weighted by molar-refractivity contribution is -0.0764. The van der Waals surface area contributed by atoms with Crippen LogP contribution in [0.1, 0.15) is 35.3 Å². The van der Waals surface area contributed by atoms with Crippen molar-refractivity contribution in [2.45, 2.75) is 32.5 Å². The molecule has 1 aromatic rings. The third-order valence-corrected chi connectivity index (χ3v) is 3.80. The Bertz CT molecular complexity index is 511. The molecule has 0 aliphatic carbocycles. The minimum Gasteiger partial charge on any atom is -0.372 e. The number of morpholine rings is 1. The third-order valence-electron chi connectivity index (χ3n) is 3.80. The maximum absolute atomic E-state index is 12.5. The molecular weight excluding hydrogens is 240 g/mol. The highest BCUT2D eigenvalue weighted by Crippen LogP contribution is 2.21. The Morgan fingerprint density at radius 1 is 1.32 bits per heavy atom. The molecule has 1 amide bonds. The van der Waals surface area contributed by atoms with Crippen LogP contribution in [0.3, 0.4) is 0 Å². The van der Waals surface area contributed by atoms with Crippen molar-refractivity contribution in [3.63, 3.8) is 0 Å². The normalized spacial score (nSPS) is 21.3. The summed E-state index contributed by atoms with van der Waals surface area (Å²) in [5.74, 6) is 0.117. The molecular formula is C15H20N2O2. The highest BCUT2D eigenvalue weighted by molar-refractivity contribution is 5.94. The fourth-order valence-corrected chi connectivity index (χ4v) is 2.80. The number of hydrogen-bond donors (Lipinski definition) is 1. The number of carbonyl (C=O) groups excluding carboxylic acids is 1. The van der Waals surface area contributed by atoms with Crippen LogP contribution in [0.5, 0.6) is 0 Å². The number of nitrogens with one attached hydrogen (secondary N) is 1. The minimum atomic E-state index is -0.244. The van der Waals surface area contributed by atoms with Gasteiger partial charge in [-0.05, 0) is 37.1 Å². The van der Waals surface area contributed by atoms with E-state index in [-0.39, 0.29) is 11.5 Å². The van der Waals surface area contributed by atoms with E-state index in [1.807, 2.05) is 30.9 Å². The van der Waals surface area contributed by atoms with Gasteiger partial charge in [0, 0.05) is 31.7 Å². The molecule has 0 spiro atoms. The van der Waals surface area contributed by atoms with Gasteiger partial charge in [-0.15, -0.1) is 0 Å². The molecule has 1 fully saturated rings. The summed E-state index contributed by atoms with van der Waals surface area (Å²) in [6, 6.07) is 6.03. The summed E-state index contributed by atoms with van der Waals surface area (Å²) in [6.45, 7) is 7.78. The van der Waals surface area contributed by atoms with Crippen molar-refractivity contribution < 1.29 is 9.53 Å². The Hall–Kier alpha value is -1.39. The lowest BCUT2D eigenvalue weighted by atomic mass is 10.0. The summed E-state index contributed by atoms with van der Waals surface area (Å²) in [5, 5.41) is 3.30. The summed E-state index contributed by atoms with van der Waals surface area (Å²) in [4.78, 5) is 14.4. The fourth-order valence-electron chi connectivity index (χ4n) is 2.80. The number of nitrogens with zero attached hydrogens (tertiary/aromatic N) is 1. The summed E-state index contributed by atoms with van der Waals surface area (Å²) in [5.41, 5.74) is 3.10. The van der Waals surface area contributed by atoms with Gasteiger partial charge in [-0.2, -0.15) is 0 Å². The van der Waals surface area contributed by atoms with Gasteiger partial charge in [-0.1, -0.05) is 6.07 Å². The van der Waals surface area contributed by atoms with Crippen molar-refractivity contribution >= 4 is 5.91 Å². The Balaban J connectivity index is 1.80. The van der Waals surface area contributed by atoms with Gasteiger partial charge < -0.3 is 15.0 Å². The van der Waals surface area contributed by atoms with Crippen LogP contribution in [0.25, 0.3) is 0 Å². The lowest BCUT2D eigenvalue weighted by Gasteiger charge is -2.38. The van der Waals surface area contributed by atoms with Crippen LogP contribution >= 0.6 is 0 Å². The second-order valence-corrected chi connectivity index (χ2v) is 5.92. The molecule has 1 aromatic carbocycles. The minimum absolute atomic E-state index is 0.117. The van der Waals surface area contributed by atoms with E-state index in [1.165, 1.54) is 11.1 Å². The number of hydrogen-bond acceptors (Lipinski definition) is 3. The predicted molar refractivity (Wildman–Crippen MR) is 72.9 cm³/mol. The number of carbonyl (C=O) groups is 1. The second kappa shape index (κ2) is 4.62. The van der Waals surface area contributed by atoms with Crippen LogP contribution in [-0.4, -0.2) is 36.1 Å². The zero-order valence-corrected chi connectivity index (χ0v) is 11.5. The van der Waals surface area contributed by atoms with Crippen molar-refractivity contribution in [3.8, 4) is 0 Å². The molecule has 3 rings (SSSR count). The molecule has 0 unspecified atom stereocenters. The number of rotatable bonds is 1. The van der Waals surface area contributed by atoms with Gasteiger partial charge in [0.25, 0.3) is 5.91 Å². The molecule has 4 heteroatoms. The maximum Gasteiger partial charge on any atom is 0.254 e. The quantitative estimate of drug-likeness (QED) is 0.833. The van der Waals surface area contributed by atoms with Gasteiger partial charge in [-0.3, -0.25) is 4.79 Å². The van der Waals surface area contributed by atoms with E-state index in [4.69, 9.17) is 4.74 Å². The molecule has 0 aromatic heterocycles. The molecule has 102 valence electrons. The number of amides is 1. The Kier molecular flexibility index (Phi) is 3.07. The van der Waals surface area contributed by atoms with Gasteiger partial charge in [-0.25, -0.2) is 0 Å². The predicted octanol–water partition coefficient (Wildman–Crippen LogP) is 1.54. The number of ether oxygens (including phenoxy) is 1. The maximum atomic E-state index is 12.5. The van der Waals surface area contributed by atoms with Gasteiger partial charge in [0.05, 0.1) is 12.2 Å². The van der Waals surface area contributed by atoms with E-state index >= 15 is 0 Å². The molecule has 0 saturated carbocycles. The summed E-state index contributed by atoms with van der Waals surface area (Å²) in [7, 11) is 0. The van der Waals surface area contributed by atoms with Gasteiger partial charge in [0.2, 0.25) is 0 Å². The van der Waals surface area contributed by atoms with Gasteiger partial charge in [0.15, 0.2) is 0 Å². The first-order chi connectivity index (χ1) is 9.05. The van der Waals surface area contributed by atoms with E-state index in [0.717, 1.165) is 18.7 Å². The van der Waals surface area contributed by atoms with Gasteiger partial charge >= 0.3 is 0 Å². The monoisotopic (exact) mass is 260 g/mol. The first-order valence-electron chi connectivity index (χ1n) is 6.81. The Morgan fingerprint density at radius 3 is 2.89 bits per heavy atom. The molecule has 1 N–H and O–H groups in total. The van der Waals surface area contributed by atoms with Crippen LogP contribution in [0.15, 0.2) is 18.2 Å². The largest absolute Gasteiger partial charge is 0.372 e. The molecule has 4 nitrogen and oxygen atoms in total. The molecule has 1 saturated heterocycles. The number of benzene rings is 1. The topological polar surface area (TPSA) is 41.6 Å². The molecule has 0 radical (unpaired) electrons. The third kappa shape index (κ3) is 2.51. The average molecular weight is 260 g/mol. The van der Waals surface area contributed by atoms with Crippen LogP contribution in [0.4, 0.5) is 0 Å². The highest BCUT2D eigenvalue weighted by atomic mass is 16.5. The highest BCUT2D eigenvalue weighted by Gasteiger charge is 2.30. The van der Waals surface area contributed by atoms with E-state index in [0.29, 0.717) is 19.7 Å². The van der Waals surface area contributed by atoms with Crippen LogP contribution in [0.2, 0.25) is 0 Å². The van der Waals surface area contributed by atoms with Crippen LogP contribution < -0.4 is 5.32 Å². The smallest absolute Gasteiger partial charge is 0.254 e. The zero-order valence-electron chi connectivity index (χ0n) is 11.5. The summed E-state index contributed by atoms with van der Waals surface area (Å²) >= 11 is 0. The van der Waals surface area contributed by atoms with E-state index in [9.17, 15) is 4.79 Å². The van der Waals surface area contributed by atoms with Crippen LogP contribution in [-0.2, 0) is 17.8 Å². The van der Waals surface area contributed by atoms with Crippen molar-refractivity contribution in [1.29, 1.82) is 0 Å². The summed E-state index contributed by atoms with van der Waals surface area (Å²) in [6.07, 6.45) is 0. The number of fused-ring (bicyclic) bond motifs is 1. The molecule has 19 heavy (non-hydrogen) atoms. The van der Waals surface area contributed by atoms with Crippen molar-refractivity contribution in [2.24, 2.45) is 0 Å². The zero-order chi connectivity index (χ0) is 13.5. The molecule has 0 bridgehead atoms. The second-order valence-electron chi connectivity index (χ2n) is 5.92. The molecule has 2 aliphatic rings. The van der Waals surface area contributed by atoms with E-state index in [1.54, 1.807) is 0 Å². The van der Waals surface area contributed by atoms with Crippen molar-refractivity contribution in [2.75, 3.05) is 19.7 Å². The van der Waals surface area contributed by atoms with Gasteiger partial charge in [0.1, 0.15) is 0 Å². The standard InChI is InChI=1S/C15H20N2O2/c1-15(2)10-17(5-6-19-15)14(18)11-3-4-12-8-16-9-13(12)7-11/h3-4,7,16H,5-6,8-10H2,1-2H3. The Morgan fingerprint density at radius 2 is 2.11 bits per heavy atom. The van der Waals surface area contributed by atoms with Crippen LogP contribution in [0, 0.1) is 0 Å². The van der Waals surface area contributed by atoms with E-state index < -0.39 is 0 Å². The Labute approximate surface area is 113 Å². The average Bonchev–Trinajstić information content (AvgIpc) is 2.83. The summed E-state index contributed by atoms with van der Waals surface area (Å²) < 4.78 is 5.65. The van der Waals surface area contributed by atoms with E-state index in [2.05, 4.69) is 11.4 Å². The molecule has 2 heterocycles. The first-order valence-corrected chi connectivity index (χ1v) is 6.81.